The molecular formula is C17H15N3O3. The third-order valence-electron chi connectivity index (χ3n) is 3.33. The number of carbonyl (C=O) groups is 2. The molecule has 0 bridgehead atoms. The monoisotopic (exact) mass is 309 g/mol. The van der Waals surface area contributed by atoms with Gasteiger partial charge < -0.3 is 14.5 Å². The van der Waals surface area contributed by atoms with Crippen LogP contribution in [0.1, 0.15) is 16.1 Å². The number of para-hydroxylation sites is 1. The number of rotatable bonds is 4. The minimum absolute atomic E-state index is 0.167. The number of imidazole rings is 1. The summed E-state index contributed by atoms with van der Waals surface area (Å²) in [6, 6.07) is 12.8. The van der Waals surface area contributed by atoms with Crippen LogP contribution >= 0.6 is 0 Å². The van der Waals surface area contributed by atoms with Gasteiger partial charge in [-0.3, -0.25) is 4.79 Å². The van der Waals surface area contributed by atoms with Crippen LogP contribution in [-0.4, -0.2) is 27.9 Å². The molecule has 0 saturated heterocycles. The first-order valence-corrected chi connectivity index (χ1v) is 7.10. The molecule has 0 saturated carbocycles. The van der Waals surface area contributed by atoms with E-state index in [1.54, 1.807) is 28.9 Å². The van der Waals surface area contributed by atoms with E-state index in [0.29, 0.717) is 11.3 Å². The lowest BCUT2D eigenvalue weighted by atomic mass is 10.2. The van der Waals surface area contributed by atoms with E-state index in [2.05, 4.69) is 10.3 Å². The maximum atomic E-state index is 12.0. The molecule has 3 aromatic rings. The van der Waals surface area contributed by atoms with Gasteiger partial charge in [-0.1, -0.05) is 24.3 Å². The average Bonchev–Trinajstić information content (AvgIpc) is 2.99. The summed E-state index contributed by atoms with van der Waals surface area (Å²) in [7, 11) is 0. The Morgan fingerprint density at radius 3 is 2.74 bits per heavy atom. The zero-order chi connectivity index (χ0) is 16.2. The third kappa shape index (κ3) is 3.37. The molecule has 3 rings (SSSR count). The molecule has 23 heavy (non-hydrogen) atoms. The number of nitrogens with zero attached hydrogens (tertiary/aromatic N) is 2. The molecular weight excluding hydrogens is 294 g/mol. The number of hydrogen-bond donors (Lipinski definition) is 1. The van der Waals surface area contributed by atoms with Crippen molar-refractivity contribution in [1.82, 2.24) is 9.38 Å². The minimum Gasteiger partial charge on any atom is -0.451 e. The normalized spacial score (nSPS) is 10.5. The van der Waals surface area contributed by atoms with Gasteiger partial charge in [-0.25, -0.2) is 9.78 Å². The van der Waals surface area contributed by atoms with Gasteiger partial charge in [-0.15, -0.1) is 0 Å². The summed E-state index contributed by atoms with van der Waals surface area (Å²) >= 11 is 0. The summed E-state index contributed by atoms with van der Waals surface area (Å²) in [4.78, 5) is 28.0. The van der Waals surface area contributed by atoms with Crippen molar-refractivity contribution in [3.63, 3.8) is 0 Å². The number of aromatic nitrogens is 2. The Morgan fingerprint density at radius 2 is 1.96 bits per heavy atom. The number of ether oxygens (including phenoxy) is 1. The number of carbonyl (C=O) groups excluding carboxylic acids is 2. The highest BCUT2D eigenvalue weighted by molar-refractivity contribution is 5.95. The van der Waals surface area contributed by atoms with Gasteiger partial charge in [0.25, 0.3) is 5.91 Å². The van der Waals surface area contributed by atoms with Crippen LogP contribution in [0.25, 0.3) is 5.65 Å². The maximum absolute atomic E-state index is 12.0. The Hall–Kier alpha value is -3.15. The van der Waals surface area contributed by atoms with Crippen LogP contribution in [0.2, 0.25) is 0 Å². The molecule has 0 atom stereocenters. The van der Waals surface area contributed by atoms with Crippen LogP contribution in [0.4, 0.5) is 5.69 Å². The fourth-order valence-corrected chi connectivity index (χ4v) is 2.14. The van der Waals surface area contributed by atoms with Crippen molar-refractivity contribution >= 4 is 23.2 Å². The molecule has 0 aliphatic carbocycles. The summed E-state index contributed by atoms with van der Waals surface area (Å²) in [5, 5.41) is 2.70. The lowest BCUT2D eigenvalue weighted by Crippen LogP contribution is -2.21. The number of esters is 1. The van der Waals surface area contributed by atoms with Crippen molar-refractivity contribution in [2.24, 2.45) is 0 Å². The number of fused-ring (bicyclic) bond motifs is 1. The van der Waals surface area contributed by atoms with Gasteiger partial charge in [-0.05, 0) is 30.7 Å². The van der Waals surface area contributed by atoms with Crippen LogP contribution in [-0.2, 0) is 9.53 Å². The SMILES string of the molecule is Cc1ccccc1NC(=O)COC(=O)c1cn2ccccc2n1. The molecule has 6 heteroatoms. The number of hydrogen-bond acceptors (Lipinski definition) is 4. The Kier molecular flexibility index (Phi) is 4.05. The largest absolute Gasteiger partial charge is 0.451 e. The summed E-state index contributed by atoms with van der Waals surface area (Å²) in [5.41, 5.74) is 2.44. The molecule has 0 unspecified atom stereocenters. The summed E-state index contributed by atoms with van der Waals surface area (Å²) < 4.78 is 6.72. The summed E-state index contributed by atoms with van der Waals surface area (Å²) in [5.74, 6) is -1.02. The highest BCUT2D eigenvalue weighted by Gasteiger charge is 2.14. The van der Waals surface area contributed by atoms with Crippen LogP contribution in [0.15, 0.2) is 54.9 Å². The van der Waals surface area contributed by atoms with E-state index >= 15 is 0 Å². The van der Waals surface area contributed by atoms with Crippen molar-refractivity contribution < 1.29 is 14.3 Å². The van der Waals surface area contributed by atoms with Gasteiger partial charge in [0.1, 0.15) is 5.65 Å². The summed E-state index contributed by atoms with van der Waals surface area (Å²) in [6.07, 6.45) is 3.35. The first-order chi connectivity index (χ1) is 11.1. The Labute approximate surface area is 132 Å². The molecule has 1 N–H and O–H groups in total. The average molecular weight is 309 g/mol. The predicted molar refractivity (Wildman–Crippen MR) is 85.3 cm³/mol. The molecule has 1 amide bonds. The molecule has 1 aromatic carbocycles. The van der Waals surface area contributed by atoms with E-state index in [1.807, 2.05) is 37.3 Å². The molecule has 0 aliphatic heterocycles. The predicted octanol–water partition coefficient (Wildman–Crippen LogP) is 2.44. The maximum Gasteiger partial charge on any atom is 0.359 e. The highest BCUT2D eigenvalue weighted by Crippen LogP contribution is 2.13. The zero-order valence-corrected chi connectivity index (χ0v) is 12.5. The lowest BCUT2D eigenvalue weighted by molar-refractivity contribution is -0.119. The van der Waals surface area contributed by atoms with Gasteiger partial charge in [0.2, 0.25) is 0 Å². The van der Waals surface area contributed by atoms with E-state index < -0.39 is 11.9 Å². The zero-order valence-electron chi connectivity index (χ0n) is 12.5. The van der Waals surface area contributed by atoms with Crippen LogP contribution < -0.4 is 5.32 Å². The number of benzene rings is 1. The van der Waals surface area contributed by atoms with Crippen molar-refractivity contribution in [3.05, 3.63) is 66.1 Å². The number of aryl methyl sites for hydroxylation is 1. The number of amides is 1. The van der Waals surface area contributed by atoms with E-state index in [0.717, 1.165) is 5.56 Å². The fourth-order valence-electron chi connectivity index (χ4n) is 2.14. The molecule has 6 nitrogen and oxygen atoms in total. The van der Waals surface area contributed by atoms with Gasteiger partial charge in [-0.2, -0.15) is 0 Å². The van der Waals surface area contributed by atoms with Crippen LogP contribution in [0.5, 0.6) is 0 Å². The second kappa shape index (κ2) is 6.31. The highest BCUT2D eigenvalue weighted by atomic mass is 16.5. The first-order valence-electron chi connectivity index (χ1n) is 7.10. The van der Waals surface area contributed by atoms with E-state index in [4.69, 9.17) is 4.74 Å². The van der Waals surface area contributed by atoms with Gasteiger partial charge in [0.15, 0.2) is 12.3 Å². The van der Waals surface area contributed by atoms with Crippen molar-refractivity contribution in [2.75, 3.05) is 11.9 Å². The second-order valence-electron chi connectivity index (χ2n) is 5.03. The molecule has 0 radical (unpaired) electrons. The molecule has 0 spiro atoms. The van der Waals surface area contributed by atoms with E-state index in [1.165, 1.54) is 0 Å². The number of pyridine rings is 1. The van der Waals surface area contributed by atoms with Crippen molar-refractivity contribution in [1.29, 1.82) is 0 Å². The Balaban J connectivity index is 1.60. The van der Waals surface area contributed by atoms with Crippen molar-refractivity contribution in [3.8, 4) is 0 Å². The van der Waals surface area contributed by atoms with Gasteiger partial charge in [0, 0.05) is 18.1 Å². The fraction of sp³-hybridized carbons (Fsp3) is 0.118. The van der Waals surface area contributed by atoms with E-state index in [9.17, 15) is 9.59 Å². The molecule has 2 heterocycles. The quantitative estimate of drug-likeness (QED) is 0.751. The second-order valence-corrected chi connectivity index (χ2v) is 5.03. The van der Waals surface area contributed by atoms with Crippen LogP contribution in [0.3, 0.4) is 0 Å². The first kappa shape index (κ1) is 14.8. The number of anilines is 1. The molecule has 0 fully saturated rings. The molecule has 2 aromatic heterocycles. The van der Waals surface area contributed by atoms with Crippen molar-refractivity contribution in [2.45, 2.75) is 6.92 Å². The Bertz CT molecular complexity index is 837. The summed E-state index contributed by atoms with van der Waals surface area (Å²) in [6.45, 7) is 1.53. The Morgan fingerprint density at radius 1 is 1.17 bits per heavy atom. The number of nitrogens with one attached hydrogen (secondary N) is 1. The van der Waals surface area contributed by atoms with Crippen LogP contribution in [0, 0.1) is 6.92 Å². The molecule has 0 aliphatic rings. The minimum atomic E-state index is -0.631. The van der Waals surface area contributed by atoms with E-state index in [-0.39, 0.29) is 12.3 Å². The topological polar surface area (TPSA) is 72.7 Å². The standard InChI is InChI=1S/C17H15N3O3/c1-12-6-2-3-7-13(12)19-16(21)11-23-17(22)14-10-20-9-5-4-8-15(20)18-14/h2-10H,11H2,1H3,(H,19,21). The smallest absolute Gasteiger partial charge is 0.359 e. The molecule has 116 valence electrons. The third-order valence-corrected chi connectivity index (χ3v) is 3.33. The lowest BCUT2D eigenvalue weighted by Gasteiger charge is -2.08. The van der Waals surface area contributed by atoms with Gasteiger partial charge in [0.05, 0.1) is 0 Å². The van der Waals surface area contributed by atoms with Gasteiger partial charge >= 0.3 is 5.97 Å².